The van der Waals surface area contributed by atoms with Gasteiger partial charge in [-0.3, -0.25) is 4.79 Å². The van der Waals surface area contributed by atoms with Crippen molar-refractivity contribution >= 4 is 5.91 Å². The molecule has 0 spiro atoms. The summed E-state index contributed by atoms with van der Waals surface area (Å²) in [6.07, 6.45) is 3.50. The number of rotatable bonds is 3. The number of amides is 1. The molecule has 0 radical (unpaired) electrons. The third kappa shape index (κ3) is 2.72. The van der Waals surface area contributed by atoms with Gasteiger partial charge in [0.2, 0.25) is 5.91 Å². The van der Waals surface area contributed by atoms with E-state index in [9.17, 15) is 4.79 Å². The van der Waals surface area contributed by atoms with Crippen LogP contribution < -0.4 is 0 Å². The second-order valence-corrected chi connectivity index (χ2v) is 4.82. The van der Waals surface area contributed by atoms with E-state index in [4.69, 9.17) is 4.74 Å². The molecular weight excluding hydrogens is 226 g/mol. The molecule has 0 aromatic heterocycles. The molecule has 98 valence electrons. The molecule has 0 saturated carbocycles. The summed E-state index contributed by atoms with van der Waals surface area (Å²) in [7, 11) is 1.69. The summed E-state index contributed by atoms with van der Waals surface area (Å²) in [6, 6.07) is 10.2. The molecule has 18 heavy (non-hydrogen) atoms. The van der Waals surface area contributed by atoms with E-state index in [0.29, 0.717) is 6.42 Å². The molecule has 0 bridgehead atoms. The van der Waals surface area contributed by atoms with Gasteiger partial charge in [0.25, 0.3) is 0 Å². The maximum atomic E-state index is 12.2. The molecule has 1 aliphatic rings. The van der Waals surface area contributed by atoms with Gasteiger partial charge in [-0.1, -0.05) is 30.3 Å². The van der Waals surface area contributed by atoms with Crippen molar-refractivity contribution in [1.29, 1.82) is 0 Å². The molecule has 2 atom stereocenters. The maximum Gasteiger partial charge on any atom is 0.225 e. The Balaban J connectivity index is 2.24. The zero-order valence-electron chi connectivity index (χ0n) is 11.1. The molecular formula is C15H21NO2. The molecule has 0 aliphatic carbocycles. The van der Waals surface area contributed by atoms with Crippen LogP contribution in [0.2, 0.25) is 0 Å². The first-order valence-corrected chi connectivity index (χ1v) is 6.63. The van der Waals surface area contributed by atoms with E-state index in [1.165, 1.54) is 0 Å². The van der Waals surface area contributed by atoms with E-state index in [0.717, 1.165) is 24.8 Å². The van der Waals surface area contributed by atoms with Gasteiger partial charge < -0.3 is 9.64 Å². The number of methoxy groups -OCH3 is 1. The summed E-state index contributed by atoms with van der Waals surface area (Å²) in [5.41, 5.74) is 1.16. The van der Waals surface area contributed by atoms with Crippen LogP contribution in [-0.4, -0.2) is 24.1 Å². The molecule has 1 aliphatic heterocycles. The molecule has 2 rings (SSSR count). The van der Waals surface area contributed by atoms with Gasteiger partial charge in [-0.25, -0.2) is 0 Å². The minimum Gasteiger partial charge on any atom is -0.362 e. The first kappa shape index (κ1) is 13.1. The molecule has 0 unspecified atom stereocenters. The zero-order valence-corrected chi connectivity index (χ0v) is 11.1. The van der Waals surface area contributed by atoms with E-state index in [2.05, 4.69) is 19.1 Å². The van der Waals surface area contributed by atoms with Crippen molar-refractivity contribution in [2.75, 3.05) is 7.11 Å². The van der Waals surface area contributed by atoms with Crippen molar-refractivity contribution in [2.24, 2.45) is 0 Å². The largest absolute Gasteiger partial charge is 0.362 e. The summed E-state index contributed by atoms with van der Waals surface area (Å²) >= 11 is 0. The first-order valence-electron chi connectivity index (χ1n) is 6.63. The van der Waals surface area contributed by atoms with Gasteiger partial charge >= 0.3 is 0 Å². The van der Waals surface area contributed by atoms with Gasteiger partial charge in [0.15, 0.2) is 0 Å². The number of hydrogen-bond donors (Lipinski definition) is 0. The van der Waals surface area contributed by atoms with E-state index in [1.807, 2.05) is 23.1 Å². The summed E-state index contributed by atoms with van der Waals surface area (Å²) in [5.74, 6) is 0.204. The van der Waals surface area contributed by atoms with Gasteiger partial charge in [0, 0.05) is 13.5 Å². The van der Waals surface area contributed by atoms with Crippen molar-refractivity contribution in [3.05, 3.63) is 35.9 Å². The number of ether oxygens (including phenoxy) is 1. The molecule has 0 N–H and O–H groups in total. The third-order valence-corrected chi connectivity index (χ3v) is 3.66. The average molecular weight is 247 g/mol. The Hall–Kier alpha value is -1.35. The summed E-state index contributed by atoms with van der Waals surface area (Å²) in [5, 5.41) is 0. The van der Waals surface area contributed by atoms with Crippen molar-refractivity contribution in [1.82, 2.24) is 4.90 Å². The lowest BCUT2D eigenvalue weighted by atomic mass is 10.1. The number of benzene rings is 1. The summed E-state index contributed by atoms with van der Waals surface area (Å²) in [4.78, 5) is 14.1. The van der Waals surface area contributed by atoms with E-state index >= 15 is 0 Å². The Bertz CT molecular complexity index is 391. The van der Waals surface area contributed by atoms with Crippen molar-refractivity contribution in [3.8, 4) is 0 Å². The lowest BCUT2D eigenvalue weighted by molar-refractivity contribution is -0.147. The number of hydrogen-bond acceptors (Lipinski definition) is 2. The standard InChI is InChI=1S/C15H21NO2/c1-12(13-8-4-3-5-9-13)16-14(17)10-6-7-11-15(16)18-2/h3-5,8-9,12,15H,6-7,10-11H2,1-2H3/t12-,15-/m1/s1. The lowest BCUT2D eigenvalue weighted by Gasteiger charge is -2.34. The average Bonchev–Trinajstić information content (AvgIpc) is 2.60. The Morgan fingerprint density at radius 2 is 2.00 bits per heavy atom. The van der Waals surface area contributed by atoms with E-state index in [-0.39, 0.29) is 18.2 Å². The van der Waals surface area contributed by atoms with Crippen LogP contribution in [0.3, 0.4) is 0 Å². The monoisotopic (exact) mass is 247 g/mol. The Morgan fingerprint density at radius 3 is 2.67 bits per heavy atom. The van der Waals surface area contributed by atoms with Crippen LogP contribution >= 0.6 is 0 Å². The van der Waals surface area contributed by atoms with Crippen LogP contribution in [0.15, 0.2) is 30.3 Å². The number of nitrogens with zero attached hydrogens (tertiary/aromatic N) is 1. The Kier molecular flexibility index (Phi) is 4.37. The van der Waals surface area contributed by atoms with Crippen molar-refractivity contribution in [3.63, 3.8) is 0 Å². The van der Waals surface area contributed by atoms with Gasteiger partial charge in [0.1, 0.15) is 6.23 Å². The van der Waals surface area contributed by atoms with Crippen LogP contribution in [0.4, 0.5) is 0 Å². The highest BCUT2D eigenvalue weighted by molar-refractivity contribution is 5.77. The van der Waals surface area contributed by atoms with Gasteiger partial charge in [-0.15, -0.1) is 0 Å². The molecule has 1 aromatic rings. The molecule has 1 aromatic carbocycles. The Labute approximate surface area is 109 Å². The lowest BCUT2D eigenvalue weighted by Crippen LogP contribution is -2.41. The summed E-state index contributed by atoms with van der Waals surface area (Å²) in [6.45, 7) is 2.07. The number of carbonyl (C=O) groups excluding carboxylic acids is 1. The second kappa shape index (κ2) is 6.01. The predicted molar refractivity (Wildman–Crippen MR) is 71.0 cm³/mol. The van der Waals surface area contributed by atoms with Crippen molar-refractivity contribution < 1.29 is 9.53 Å². The highest BCUT2D eigenvalue weighted by atomic mass is 16.5. The molecule has 3 nitrogen and oxygen atoms in total. The predicted octanol–water partition coefficient (Wildman–Crippen LogP) is 3.12. The summed E-state index contributed by atoms with van der Waals surface area (Å²) < 4.78 is 5.50. The van der Waals surface area contributed by atoms with Crippen LogP contribution in [0.5, 0.6) is 0 Å². The fourth-order valence-electron chi connectivity index (χ4n) is 2.61. The molecule has 1 amide bonds. The van der Waals surface area contributed by atoms with Crippen molar-refractivity contribution in [2.45, 2.75) is 44.9 Å². The fourth-order valence-corrected chi connectivity index (χ4v) is 2.61. The minimum absolute atomic E-state index is 0.0711. The first-order chi connectivity index (χ1) is 8.74. The molecule has 3 heteroatoms. The van der Waals surface area contributed by atoms with Gasteiger partial charge in [-0.05, 0) is 31.7 Å². The second-order valence-electron chi connectivity index (χ2n) is 4.82. The molecule has 1 saturated heterocycles. The maximum absolute atomic E-state index is 12.2. The number of likely N-dealkylation sites (tertiary alicyclic amines) is 1. The third-order valence-electron chi connectivity index (χ3n) is 3.66. The fraction of sp³-hybridized carbons (Fsp3) is 0.533. The van der Waals surface area contributed by atoms with Gasteiger partial charge in [-0.2, -0.15) is 0 Å². The van der Waals surface area contributed by atoms with Crippen LogP contribution in [-0.2, 0) is 9.53 Å². The highest BCUT2D eigenvalue weighted by Gasteiger charge is 2.30. The van der Waals surface area contributed by atoms with E-state index in [1.54, 1.807) is 7.11 Å². The van der Waals surface area contributed by atoms with Crippen LogP contribution in [0, 0.1) is 0 Å². The van der Waals surface area contributed by atoms with Crippen LogP contribution in [0.25, 0.3) is 0 Å². The zero-order chi connectivity index (χ0) is 13.0. The molecule has 1 heterocycles. The highest BCUT2D eigenvalue weighted by Crippen LogP contribution is 2.28. The SMILES string of the molecule is CO[C@@H]1CCCCC(=O)N1[C@H](C)c1ccccc1. The quantitative estimate of drug-likeness (QED) is 0.821. The Morgan fingerprint density at radius 1 is 1.28 bits per heavy atom. The van der Waals surface area contributed by atoms with Gasteiger partial charge in [0.05, 0.1) is 6.04 Å². The topological polar surface area (TPSA) is 29.5 Å². The normalized spacial score (nSPS) is 22.7. The molecule has 1 fully saturated rings. The van der Waals surface area contributed by atoms with Crippen LogP contribution in [0.1, 0.15) is 44.2 Å². The van der Waals surface area contributed by atoms with E-state index < -0.39 is 0 Å². The number of carbonyl (C=O) groups is 1. The minimum atomic E-state index is -0.0878. The smallest absolute Gasteiger partial charge is 0.225 e.